The first kappa shape index (κ1) is 16.9. The van der Waals surface area contributed by atoms with Crippen LogP contribution in [0.2, 0.25) is 0 Å². The van der Waals surface area contributed by atoms with Gasteiger partial charge in [0.25, 0.3) is 0 Å². The lowest BCUT2D eigenvalue weighted by molar-refractivity contribution is 0.0811. The van der Waals surface area contributed by atoms with Gasteiger partial charge in [0.1, 0.15) is 23.5 Å². The van der Waals surface area contributed by atoms with Crippen LogP contribution in [0.3, 0.4) is 0 Å². The number of benzene rings is 1. The minimum absolute atomic E-state index is 0.0517. The van der Waals surface area contributed by atoms with Gasteiger partial charge >= 0.3 is 0 Å². The average Bonchev–Trinajstić information content (AvgIpc) is 2.99. The number of aldehydes is 1. The molecule has 0 bridgehead atoms. The number of aromatic hydroxyl groups is 1. The van der Waals surface area contributed by atoms with E-state index in [0.717, 1.165) is 50.4 Å². The number of hydrogen-bond donors (Lipinski definition) is 1. The van der Waals surface area contributed by atoms with Crippen LogP contribution in [0.5, 0.6) is 5.75 Å². The number of carbonyl (C=O) groups is 1. The van der Waals surface area contributed by atoms with Crippen LogP contribution in [0.1, 0.15) is 66.4 Å². The van der Waals surface area contributed by atoms with Crippen LogP contribution >= 0.6 is 0 Å². The molecule has 2 saturated carbocycles. The molecule has 3 aliphatic rings. The second-order valence-corrected chi connectivity index (χ2v) is 8.22. The first-order chi connectivity index (χ1) is 12.5. The summed E-state index contributed by atoms with van der Waals surface area (Å²) in [5, 5.41) is 28.7. The fourth-order valence-corrected chi connectivity index (χ4v) is 6.10. The molecular formula is C22H22N2O2. The molecule has 1 N–H and O–H groups in total. The second-order valence-electron chi connectivity index (χ2n) is 8.22. The topological polar surface area (TPSA) is 84.9 Å². The maximum Gasteiger partial charge on any atom is 0.153 e. The number of hydrogen-bond acceptors (Lipinski definition) is 4. The predicted molar refractivity (Wildman–Crippen MR) is 96.4 cm³/mol. The minimum atomic E-state index is -0.0517. The van der Waals surface area contributed by atoms with Crippen molar-refractivity contribution in [2.45, 2.75) is 51.4 Å². The van der Waals surface area contributed by atoms with Crippen molar-refractivity contribution >= 4 is 6.29 Å². The molecule has 0 aromatic heterocycles. The summed E-state index contributed by atoms with van der Waals surface area (Å²) < 4.78 is 0. The normalized spacial score (nSPS) is 31.8. The quantitative estimate of drug-likeness (QED) is 0.603. The van der Waals surface area contributed by atoms with Crippen LogP contribution in [0.25, 0.3) is 0 Å². The van der Waals surface area contributed by atoms with Gasteiger partial charge in [0, 0.05) is 0 Å². The van der Waals surface area contributed by atoms with Gasteiger partial charge in [0.05, 0.1) is 5.56 Å². The predicted octanol–water partition coefficient (Wildman–Crippen LogP) is 4.40. The van der Waals surface area contributed by atoms with Gasteiger partial charge in [-0.2, -0.15) is 10.5 Å². The number of carbonyl (C=O) groups excluding carboxylic acids is 1. The Bertz CT molecular complexity index is 886. The van der Waals surface area contributed by atoms with E-state index >= 15 is 0 Å². The molecule has 4 nitrogen and oxygen atoms in total. The van der Waals surface area contributed by atoms with E-state index < -0.39 is 0 Å². The van der Waals surface area contributed by atoms with Gasteiger partial charge in [-0.1, -0.05) is 6.92 Å². The van der Waals surface area contributed by atoms with Gasteiger partial charge in [0.15, 0.2) is 6.29 Å². The highest BCUT2D eigenvalue weighted by atomic mass is 16.3. The van der Waals surface area contributed by atoms with E-state index in [1.165, 1.54) is 11.1 Å². The van der Waals surface area contributed by atoms with Crippen LogP contribution < -0.4 is 0 Å². The van der Waals surface area contributed by atoms with E-state index in [4.69, 9.17) is 0 Å². The Morgan fingerprint density at radius 2 is 2.00 bits per heavy atom. The Morgan fingerprint density at radius 3 is 2.69 bits per heavy atom. The number of nitrogens with zero attached hydrogens (tertiary/aromatic N) is 2. The lowest BCUT2D eigenvalue weighted by atomic mass is 9.55. The van der Waals surface area contributed by atoms with E-state index in [0.29, 0.717) is 28.9 Å². The third-order valence-corrected chi connectivity index (χ3v) is 7.31. The zero-order chi connectivity index (χ0) is 18.5. The molecule has 132 valence electrons. The molecule has 0 heterocycles. The highest BCUT2D eigenvalue weighted by Crippen LogP contribution is 2.63. The summed E-state index contributed by atoms with van der Waals surface area (Å²) in [5.74, 6) is 1.48. The molecule has 0 radical (unpaired) electrons. The van der Waals surface area contributed by atoms with E-state index in [-0.39, 0.29) is 11.2 Å². The number of phenolic OH excluding ortho intramolecular Hbond substituents is 1. The Kier molecular flexibility index (Phi) is 3.88. The lowest BCUT2D eigenvalue weighted by Gasteiger charge is -2.49. The Hall–Kier alpha value is -2.59. The molecule has 4 atom stereocenters. The molecular weight excluding hydrogens is 324 g/mol. The number of fused-ring (bicyclic) bond motifs is 5. The lowest BCUT2D eigenvalue weighted by Crippen LogP contribution is -2.40. The minimum Gasteiger partial charge on any atom is -0.507 e. The van der Waals surface area contributed by atoms with Crippen molar-refractivity contribution in [3.05, 3.63) is 40.0 Å². The average molecular weight is 346 g/mol. The fourth-order valence-electron chi connectivity index (χ4n) is 6.10. The van der Waals surface area contributed by atoms with Crippen molar-refractivity contribution < 1.29 is 9.90 Å². The van der Waals surface area contributed by atoms with Gasteiger partial charge in [0.2, 0.25) is 0 Å². The summed E-state index contributed by atoms with van der Waals surface area (Å²) in [7, 11) is 0. The molecule has 4 rings (SSSR count). The number of rotatable bonds is 1. The number of phenols is 1. The monoisotopic (exact) mass is 346 g/mol. The highest BCUT2D eigenvalue weighted by Gasteiger charge is 2.53. The fraction of sp³-hybridized carbons (Fsp3) is 0.500. The Morgan fingerprint density at radius 1 is 1.23 bits per heavy atom. The number of aryl methyl sites for hydroxylation is 1. The summed E-state index contributed by atoms with van der Waals surface area (Å²) in [6, 6.07) is 7.88. The zero-order valence-corrected chi connectivity index (χ0v) is 15.0. The largest absolute Gasteiger partial charge is 0.507 e. The van der Waals surface area contributed by atoms with Crippen LogP contribution in [0.15, 0.2) is 23.3 Å². The molecule has 0 spiro atoms. The third kappa shape index (κ3) is 2.22. The van der Waals surface area contributed by atoms with Gasteiger partial charge < -0.3 is 5.11 Å². The third-order valence-electron chi connectivity index (χ3n) is 7.31. The van der Waals surface area contributed by atoms with Crippen molar-refractivity contribution in [1.29, 1.82) is 10.5 Å². The number of allylic oxidation sites excluding steroid dienone is 2. The molecule has 0 saturated heterocycles. The van der Waals surface area contributed by atoms with E-state index in [2.05, 4.69) is 19.1 Å². The van der Waals surface area contributed by atoms with Gasteiger partial charge in [-0.3, -0.25) is 4.79 Å². The van der Waals surface area contributed by atoms with Gasteiger partial charge in [-0.25, -0.2) is 0 Å². The van der Waals surface area contributed by atoms with Crippen molar-refractivity contribution in [3.63, 3.8) is 0 Å². The van der Waals surface area contributed by atoms with E-state index in [1.54, 1.807) is 6.07 Å². The van der Waals surface area contributed by atoms with Crippen LogP contribution in [0, 0.1) is 39.9 Å². The molecule has 2 fully saturated rings. The molecule has 0 amide bonds. The molecule has 3 aliphatic carbocycles. The molecule has 1 aromatic carbocycles. The maximum absolute atomic E-state index is 11.3. The summed E-state index contributed by atoms with van der Waals surface area (Å²) in [5.41, 5.74) is 4.10. The molecule has 0 unspecified atom stereocenters. The van der Waals surface area contributed by atoms with Crippen molar-refractivity contribution in [2.24, 2.45) is 17.3 Å². The van der Waals surface area contributed by atoms with E-state index in [9.17, 15) is 20.4 Å². The SMILES string of the molecule is C[C@]12CC[C@@H]3c4cc(C=O)c(O)cc4CC[C@H]3[C@@H]1CCC2=C(C#N)C#N. The molecule has 4 heteroatoms. The van der Waals surface area contributed by atoms with Crippen LogP contribution in [-0.2, 0) is 6.42 Å². The second kappa shape index (κ2) is 5.99. The summed E-state index contributed by atoms with van der Waals surface area (Å²) in [6.07, 6.45) is 6.57. The van der Waals surface area contributed by atoms with E-state index in [1.807, 2.05) is 6.07 Å². The molecule has 1 aromatic rings. The summed E-state index contributed by atoms with van der Waals surface area (Å²) in [4.78, 5) is 11.3. The summed E-state index contributed by atoms with van der Waals surface area (Å²) in [6.45, 7) is 2.24. The zero-order valence-electron chi connectivity index (χ0n) is 15.0. The van der Waals surface area contributed by atoms with Crippen molar-refractivity contribution in [3.8, 4) is 17.9 Å². The standard InChI is InChI=1S/C22H22N2O2/c1-22-7-6-16-17(20(22)5-4-19(22)15(10-23)11-24)3-2-13-9-21(26)14(12-25)8-18(13)16/h8-9,12,16-17,20,26H,2-7H2,1H3/t16-,17+,20-,22+/m0/s1. The van der Waals surface area contributed by atoms with Crippen LogP contribution in [0.4, 0.5) is 0 Å². The highest BCUT2D eigenvalue weighted by molar-refractivity contribution is 5.80. The van der Waals surface area contributed by atoms with Crippen LogP contribution in [-0.4, -0.2) is 11.4 Å². The van der Waals surface area contributed by atoms with Crippen molar-refractivity contribution in [1.82, 2.24) is 0 Å². The smallest absolute Gasteiger partial charge is 0.153 e. The maximum atomic E-state index is 11.3. The Labute approximate surface area is 153 Å². The first-order valence-corrected chi connectivity index (χ1v) is 9.38. The molecule has 26 heavy (non-hydrogen) atoms. The van der Waals surface area contributed by atoms with Gasteiger partial charge in [-0.05, 0) is 90.5 Å². The Balaban J connectivity index is 1.75. The summed E-state index contributed by atoms with van der Waals surface area (Å²) >= 11 is 0. The first-order valence-electron chi connectivity index (χ1n) is 9.38. The van der Waals surface area contributed by atoms with Gasteiger partial charge in [-0.15, -0.1) is 0 Å². The number of nitriles is 2. The molecule has 0 aliphatic heterocycles. The van der Waals surface area contributed by atoms with Crippen molar-refractivity contribution in [2.75, 3.05) is 0 Å².